The number of piperidine rings is 1. The molecule has 0 spiro atoms. The van der Waals surface area contributed by atoms with Gasteiger partial charge in [-0.2, -0.15) is 0 Å². The molecule has 1 aliphatic heterocycles. The van der Waals surface area contributed by atoms with Gasteiger partial charge >= 0.3 is 0 Å². The average molecular weight is 444 g/mol. The molecule has 0 radical (unpaired) electrons. The molecule has 3 rings (SSSR count). The molecule has 2 N–H and O–H groups in total. The van der Waals surface area contributed by atoms with E-state index in [9.17, 15) is 18.0 Å². The Morgan fingerprint density at radius 2 is 1.58 bits per heavy atom. The molecule has 0 bridgehead atoms. The maximum absolute atomic E-state index is 13.6. The number of sulfonamides is 1. The maximum Gasteiger partial charge on any atom is 0.264 e. The Morgan fingerprint density at radius 1 is 1.00 bits per heavy atom. The molecule has 2 amide bonds. The van der Waals surface area contributed by atoms with Gasteiger partial charge in [0, 0.05) is 19.0 Å². The molecule has 0 unspecified atom stereocenters. The lowest BCUT2D eigenvalue weighted by Gasteiger charge is -2.33. The molecule has 7 nitrogen and oxygen atoms in total. The van der Waals surface area contributed by atoms with E-state index in [-0.39, 0.29) is 29.2 Å². The van der Waals surface area contributed by atoms with Gasteiger partial charge in [-0.05, 0) is 62.9 Å². The lowest BCUT2D eigenvalue weighted by Crippen LogP contribution is -2.47. The number of hydrogen-bond donors (Lipinski definition) is 1. The van der Waals surface area contributed by atoms with Gasteiger partial charge in [0.1, 0.15) is 6.54 Å². The van der Waals surface area contributed by atoms with Crippen molar-refractivity contribution in [2.45, 2.75) is 38.5 Å². The van der Waals surface area contributed by atoms with Crippen LogP contribution in [0.15, 0.2) is 47.4 Å². The van der Waals surface area contributed by atoms with Crippen LogP contribution >= 0.6 is 0 Å². The molecule has 1 heterocycles. The number of nitrogens with zero attached hydrogens (tertiary/aromatic N) is 2. The number of nitrogens with two attached hydrogens (primary N) is 1. The SMILES string of the molecule is Cc1ccc(S(=O)(=O)N(CC(=O)N2CCC(C(N)=O)CC2)c2cc(C)ccc2C)cc1. The Balaban J connectivity index is 1.93. The minimum Gasteiger partial charge on any atom is -0.369 e. The molecule has 8 heteroatoms. The van der Waals surface area contributed by atoms with Gasteiger partial charge in [-0.25, -0.2) is 8.42 Å². The Kier molecular flexibility index (Phi) is 6.69. The van der Waals surface area contributed by atoms with Crippen molar-refractivity contribution in [3.05, 3.63) is 59.2 Å². The van der Waals surface area contributed by atoms with Gasteiger partial charge in [0.15, 0.2) is 0 Å². The van der Waals surface area contributed by atoms with E-state index < -0.39 is 10.0 Å². The highest BCUT2D eigenvalue weighted by atomic mass is 32.2. The summed E-state index contributed by atoms with van der Waals surface area (Å²) in [6, 6.07) is 12.2. The molecular weight excluding hydrogens is 414 g/mol. The van der Waals surface area contributed by atoms with Gasteiger partial charge in [-0.3, -0.25) is 13.9 Å². The third kappa shape index (κ3) is 5.07. The van der Waals surface area contributed by atoms with Crippen LogP contribution in [0.4, 0.5) is 5.69 Å². The molecule has 0 aromatic heterocycles. The minimum absolute atomic E-state index is 0.138. The minimum atomic E-state index is -3.96. The Bertz CT molecular complexity index is 1070. The van der Waals surface area contributed by atoms with Gasteiger partial charge in [-0.1, -0.05) is 29.8 Å². The highest BCUT2D eigenvalue weighted by Crippen LogP contribution is 2.28. The lowest BCUT2D eigenvalue weighted by atomic mass is 9.96. The summed E-state index contributed by atoms with van der Waals surface area (Å²) in [7, 11) is -3.96. The van der Waals surface area contributed by atoms with E-state index >= 15 is 0 Å². The van der Waals surface area contributed by atoms with Crippen LogP contribution in [0.2, 0.25) is 0 Å². The van der Waals surface area contributed by atoms with E-state index in [1.54, 1.807) is 35.2 Å². The summed E-state index contributed by atoms with van der Waals surface area (Å²) < 4.78 is 28.3. The molecular formula is C23H29N3O4S. The molecule has 31 heavy (non-hydrogen) atoms. The maximum atomic E-state index is 13.6. The number of amides is 2. The molecule has 2 aromatic carbocycles. The number of aryl methyl sites for hydroxylation is 3. The normalized spacial score (nSPS) is 15.0. The van der Waals surface area contributed by atoms with Crippen molar-refractivity contribution < 1.29 is 18.0 Å². The fourth-order valence-corrected chi connectivity index (χ4v) is 5.23. The Hall–Kier alpha value is -2.87. The van der Waals surface area contributed by atoms with Gasteiger partial charge in [-0.15, -0.1) is 0 Å². The molecule has 1 fully saturated rings. The molecule has 0 aliphatic carbocycles. The fraction of sp³-hybridized carbons (Fsp3) is 0.391. The molecule has 2 aromatic rings. The highest BCUT2D eigenvalue weighted by molar-refractivity contribution is 7.92. The van der Waals surface area contributed by atoms with Gasteiger partial charge < -0.3 is 10.6 Å². The quantitative estimate of drug-likeness (QED) is 0.741. The van der Waals surface area contributed by atoms with Crippen LogP contribution in [-0.4, -0.2) is 44.8 Å². The second kappa shape index (κ2) is 9.09. The Labute approximate surface area is 183 Å². The van der Waals surface area contributed by atoms with E-state index in [4.69, 9.17) is 5.73 Å². The first-order valence-corrected chi connectivity index (χ1v) is 11.8. The zero-order chi connectivity index (χ0) is 22.8. The van der Waals surface area contributed by atoms with Crippen LogP contribution in [0.5, 0.6) is 0 Å². The smallest absolute Gasteiger partial charge is 0.264 e. The number of primary amides is 1. The monoisotopic (exact) mass is 443 g/mol. The number of likely N-dealkylation sites (tertiary alicyclic amines) is 1. The van der Waals surface area contributed by atoms with Crippen molar-refractivity contribution in [3.63, 3.8) is 0 Å². The number of benzene rings is 2. The van der Waals surface area contributed by atoms with Crippen molar-refractivity contribution in [2.75, 3.05) is 23.9 Å². The summed E-state index contributed by atoms with van der Waals surface area (Å²) in [5.41, 5.74) is 8.48. The summed E-state index contributed by atoms with van der Waals surface area (Å²) in [6.07, 6.45) is 0.991. The number of hydrogen-bond acceptors (Lipinski definition) is 4. The standard InChI is InChI=1S/C23H29N3O4S/c1-16-5-8-20(9-6-16)31(29,30)26(21-14-17(2)4-7-18(21)3)15-22(27)25-12-10-19(11-13-25)23(24)28/h4-9,14,19H,10-13,15H2,1-3H3,(H2,24,28). The van der Waals surface area contributed by atoms with Crippen molar-refractivity contribution in [1.82, 2.24) is 4.90 Å². The highest BCUT2D eigenvalue weighted by Gasteiger charge is 2.32. The molecule has 1 saturated heterocycles. The van der Waals surface area contributed by atoms with Crippen LogP contribution < -0.4 is 10.0 Å². The van der Waals surface area contributed by atoms with E-state index in [1.807, 2.05) is 32.9 Å². The van der Waals surface area contributed by atoms with Crippen molar-refractivity contribution >= 4 is 27.5 Å². The number of anilines is 1. The number of rotatable bonds is 6. The molecule has 1 aliphatic rings. The van der Waals surface area contributed by atoms with Gasteiger partial charge in [0.05, 0.1) is 10.6 Å². The van der Waals surface area contributed by atoms with Crippen LogP contribution in [0.25, 0.3) is 0 Å². The van der Waals surface area contributed by atoms with Crippen LogP contribution in [0.1, 0.15) is 29.5 Å². The van der Waals surface area contributed by atoms with E-state index in [2.05, 4.69) is 0 Å². The summed E-state index contributed by atoms with van der Waals surface area (Å²) in [5.74, 6) is -0.888. The topological polar surface area (TPSA) is 101 Å². The summed E-state index contributed by atoms with van der Waals surface area (Å²) >= 11 is 0. The summed E-state index contributed by atoms with van der Waals surface area (Å²) in [4.78, 5) is 26.2. The molecule has 0 atom stereocenters. The fourth-order valence-electron chi connectivity index (χ4n) is 3.76. The van der Waals surface area contributed by atoms with E-state index in [0.717, 1.165) is 16.7 Å². The van der Waals surface area contributed by atoms with Gasteiger partial charge in [0.2, 0.25) is 11.8 Å². The predicted octanol–water partition coefficient (Wildman–Crippen LogP) is 2.53. The number of carbonyl (C=O) groups is 2. The average Bonchev–Trinajstić information content (AvgIpc) is 2.74. The first-order chi connectivity index (χ1) is 14.6. The van der Waals surface area contributed by atoms with E-state index in [1.165, 1.54) is 4.31 Å². The largest absolute Gasteiger partial charge is 0.369 e. The van der Waals surface area contributed by atoms with Crippen molar-refractivity contribution in [2.24, 2.45) is 11.7 Å². The number of carbonyl (C=O) groups excluding carboxylic acids is 2. The van der Waals surface area contributed by atoms with Crippen LogP contribution in [0, 0.1) is 26.7 Å². The first kappa shape index (κ1) is 22.8. The third-order valence-corrected chi connectivity index (χ3v) is 7.55. The van der Waals surface area contributed by atoms with Crippen LogP contribution in [0.3, 0.4) is 0 Å². The second-order valence-electron chi connectivity index (χ2n) is 8.17. The predicted molar refractivity (Wildman–Crippen MR) is 120 cm³/mol. The first-order valence-electron chi connectivity index (χ1n) is 10.3. The Morgan fingerprint density at radius 3 is 2.16 bits per heavy atom. The van der Waals surface area contributed by atoms with Gasteiger partial charge in [0.25, 0.3) is 10.0 Å². The summed E-state index contributed by atoms with van der Waals surface area (Å²) in [5, 5.41) is 0. The third-order valence-electron chi connectivity index (χ3n) is 5.77. The van der Waals surface area contributed by atoms with Crippen molar-refractivity contribution in [1.29, 1.82) is 0 Å². The van der Waals surface area contributed by atoms with Crippen LogP contribution in [-0.2, 0) is 19.6 Å². The molecule has 0 saturated carbocycles. The molecule has 166 valence electrons. The lowest BCUT2D eigenvalue weighted by molar-refractivity contribution is -0.133. The van der Waals surface area contributed by atoms with E-state index in [0.29, 0.717) is 31.6 Å². The summed E-state index contributed by atoms with van der Waals surface area (Å²) in [6.45, 7) is 6.07. The second-order valence-corrected chi connectivity index (χ2v) is 10.0. The zero-order valence-electron chi connectivity index (χ0n) is 18.2. The zero-order valence-corrected chi connectivity index (χ0v) is 19.0. The van der Waals surface area contributed by atoms with Crippen molar-refractivity contribution in [3.8, 4) is 0 Å².